The Kier molecular flexibility index (Phi) is 7.23. The summed E-state index contributed by atoms with van der Waals surface area (Å²) in [7, 11) is 1.31. The van der Waals surface area contributed by atoms with Crippen LogP contribution in [0.3, 0.4) is 0 Å². The van der Waals surface area contributed by atoms with E-state index in [-0.39, 0.29) is 12.2 Å². The molecule has 0 amide bonds. The number of methoxy groups -OCH3 is 1. The van der Waals surface area contributed by atoms with Crippen molar-refractivity contribution in [1.29, 1.82) is 0 Å². The van der Waals surface area contributed by atoms with Crippen molar-refractivity contribution in [2.24, 2.45) is 23.2 Å². The molecule has 6 heteroatoms. The third-order valence-electron chi connectivity index (χ3n) is 6.07. The molecule has 1 aliphatic rings. The van der Waals surface area contributed by atoms with Crippen molar-refractivity contribution < 1.29 is 24.5 Å². The number of esters is 1. The van der Waals surface area contributed by atoms with Gasteiger partial charge in [-0.2, -0.15) is 0 Å². The molecule has 0 heterocycles. The molecule has 0 spiro atoms. The number of hydrogen-bond donors (Lipinski definition) is 2. The minimum atomic E-state index is -0.851. The molecule has 1 aromatic carbocycles. The van der Waals surface area contributed by atoms with E-state index in [4.69, 9.17) is 4.74 Å². The highest BCUT2D eigenvalue weighted by Gasteiger charge is 2.58. The predicted octanol–water partition coefficient (Wildman–Crippen LogP) is 3.77. The number of benzene rings is 1. The average Bonchev–Trinajstić information content (AvgIpc) is 2.83. The van der Waals surface area contributed by atoms with Crippen molar-refractivity contribution in [2.75, 3.05) is 7.11 Å². The van der Waals surface area contributed by atoms with Crippen LogP contribution < -0.4 is 0 Å². The Morgan fingerprint density at radius 3 is 2.32 bits per heavy atom. The average molecular weight is 453 g/mol. The van der Waals surface area contributed by atoms with Crippen LogP contribution in [0.4, 0.5) is 0 Å². The number of allylic oxidation sites excluding steroid dienone is 1. The first kappa shape index (κ1) is 22.8. The fourth-order valence-corrected chi connectivity index (χ4v) is 5.06. The highest BCUT2D eigenvalue weighted by molar-refractivity contribution is 9.10. The predicted molar refractivity (Wildman–Crippen MR) is 111 cm³/mol. The smallest absolute Gasteiger partial charge is 0.333 e. The first-order valence-electron chi connectivity index (χ1n) is 9.45. The summed E-state index contributed by atoms with van der Waals surface area (Å²) in [5.74, 6) is -1.98. The largest absolute Gasteiger partial charge is 0.466 e. The molecule has 1 unspecified atom stereocenters. The summed E-state index contributed by atoms with van der Waals surface area (Å²) in [5, 5.41) is 21.6. The Labute approximate surface area is 174 Å². The zero-order valence-corrected chi connectivity index (χ0v) is 18.6. The molecule has 1 fully saturated rings. The van der Waals surface area contributed by atoms with E-state index in [2.05, 4.69) is 15.9 Å². The lowest BCUT2D eigenvalue weighted by atomic mass is 9.72. The summed E-state index contributed by atoms with van der Waals surface area (Å²) < 4.78 is 5.81. The van der Waals surface area contributed by atoms with Crippen molar-refractivity contribution in [3.05, 3.63) is 46.0 Å². The van der Waals surface area contributed by atoms with Crippen LogP contribution >= 0.6 is 15.9 Å². The van der Waals surface area contributed by atoms with Gasteiger partial charge in [-0.05, 0) is 37.3 Å². The summed E-state index contributed by atoms with van der Waals surface area (Å²) in [6.45, 7) is 7.14. The molecule has 1 saturated carbocycles. The molecule has 28 heavy (non-hydrogen) atoms. The second kappa shape index (κ2) is 8.89. The Bertz CT molecular complexity index is 751. The minimum Gasteiger partial charge on any atom is -0.466 e. The molecule has 5 nitrogen and oxygen atoms in total. The first-order valence-corrected chi connectivity index (χ1v) is 10.2. The molecule has 0 aromatic heterocycles. The molecule has 0 saturated heterocycles. The SMILES string of the molecule is C/C=C(/C(=O)OC)[C@H]1[C@H](CC(=O)c2ccc(Br)cc2)[C@H](O)C(C)(C)[C@H]1C(C)O. The van der Waals surface area contributed by atoms with E-state index in [1.54, 1.807) is 44.2 Å². The van der Waals surface area contributed by atoms with Gasteiger partial charge >= 0.3 is 5.97 Å². The quantitative estimate of drug-likeness (QED) is 0.389. The number of Topliss-reactive ketones (excluding diaryl/α,β-unsaturated/α-hetero) is 1. The highest BCUT2D eigenvalue weighted by atomic mass is 79.9. The van der Waals surface area contributed by atoms with Gasteiger partial charge in [0, 0.05) is 33.9 Å². The topological polar surface area (TPSA) is 83.8 Å². The third kappa shape index (κ3) is 4.24. The fourth-order valence-electron chi connectivity index (χ4n) is 4.79. The Morgan fingerprint density at radius 1 is 1.29 bits per heavy atom. The molecule has 0 bridgehead atoms. The van der Waals surface area contributed by atoms with Gasteiger partial charge < -0.3 is 14.9 Å². The number of halogens is 1. The van der Waals surface area contributed by atoms with E-state index in [1.165, 1.54) is 7.11 Å². The maximum absolute atomic E-state index is 12.9. The summed E-state index contributed by atoms with van der Waals surface area (Å²) >= 11 is 3.35. The van der Waals surface area contributed by atoms with E-state index in [9.17, 15) is 19.8 Å². The third-order valence-corrected chi connectivity index (χ3v) is 6.60. The maximum Gasteiger partial charge on any atom is 0.333 e. The molecule has 1 aromatic rings. The van der Waals surface area contributed by atoms with Crippen LogP contribution in [0.5, 0.6) is 0 Å². The first-order chi connectivity index (χ1) is 13.1. The minimum absolute atomic E-state index is 0.0778. The molecular weight excluding hydrogens is 424 g/mol. The second-order valence-corrected chi connectivity index (χ2v) is 9.01. The van der Waals surface area contributed by atoms with Crippen molar-refractivity contribution >= 4 is 27.7 Å². The van der Waals surface area contributed by atoms with E-state index in [0.29, 0.717) is 11.1 Å². The van der Waals surface area contributed by atoms with Crippen LogP contribution in [-0.4, -0.2) is 41.3 Å². The van der Waals surface area contributed by atoms with Gasteiger partial charge in [-0.25, -0.2) is 4.79 Å². The zero-order valence-electron chi connectivity index (χ0n) is 17.0. The van der Waals surface area contributed by atoms with E-state index < -0.39 is 41.3 Å². The second-order valence-electron chi connectivity index (χ2n) is 8.09. The van der Waals surface area contributed by atoms with Crippen molar-refractivity contribution in [1.82, 2.24) is 0 Å². The lowest BCUT2D eigenvalue weighted by molar-refractivity contribution is -0.137. The summed E-state index contributed by atoms with van der Waals surface area (Å²) in [6.07, 6.45) is 0.129. The number of ether oxygens (including phenoxy) is 1. The molecule has 154 valence electrons. The number of ketones is 1. The number of carbonyl (C=O) groups excluding carboxylic acids is 2. The van der Waals surface area contributed by atoms with Gasteiger partial charge in [0.25, 0.3) is 0 Å². The van der Waals surface area contributed by atoms with Crippen molar-refractivity contribution in [3.8, 4) is 0 Å². The van der Waals surface area contributed by atoms with Gasteiger partial charge in [-0.3, -0.25) is 4.79 Å². The number of aliphatic hydroxyl groups excluding tert-OH is 2. The van der Waals surface area contributed by atoms with E-state index in [1.807, 2.05) is 13.8 Å². The molecule has 5 atom stereocenters. The summed E-state index contributed by atoms with van der Waals surface area (Å²) in [4.78, 5) is 25.3. The fraction of sp³-hybridized carbons (Fsp3) is 0.545. The van der Waals surface area contributed by atoms with Crippen LogP contribution in [0, 0.1) is 23.2 Å². The monoisotopic (exact) mass is 452 g/mol. The molecule has 1 aliphatic carbocycles. The van der Waals surface area contributed by atoms with Gasteiger partial charge in [-0.1, -0.05) is 48.0 Å². The van der Waals surface area contributed by atoms with Crippen LogP contribution in [0.2, 0.25) is 0 Å². The summed E-state index contributed by atoms with van der Waals surface area (Å²) in [5.41, 5.74) is 0.269. The molecule has 0 radical (unpaired) electrons. The number of aliphatic hydroxyl groups is 2. The van der Waals surface area contributed by atoms with Crippen molar-refractivity contribution in [2.45, 2.75) is 46.3 Å². The summed E-state index contributed by atoms with van der Waals surface area (Å²) in [6, 6.07) is 7.06. The van der Waals surface area contributed by atoms with E-state index in [0.717, 1.165) is 4.47 Å². The molecular formula is C22H29BrO5. The lowest BCUT2D eigenvalue weighted by Crippen LogP contribution is -2.37. The molecule has 2 rings (SSSR count). The van der Waals surface area contributed by atoms with Gasteiger partial charge in [0.1, 0.15) is 0 Å². The van der Waals surface area contributed by atoms with Crippen molar-refractivity contribution in [3.63, 3.8) is 0 Å². The number of carbonyl (C=O) groups is 2. The molecule has 0 aliphatic heterocycles. The normalized spacial score (nSPS) is 28.1. The Morgan fingerprint density at radius 2 is 1.86 bits per heavy atom. The van der Waals surface area contributed by atoms with Crippen LogP contribution in [0.25, 0.3) is 0 Å². The zero-order chi connectivity index (χ0) is 21.2. The Balaban J connectivity index is 2.46. The molecule has 2 N–H and O–H groups in total. The standard InChI is InChI=1S/C22H29BrO5/c1-6-15(21(27)28-5)18-16(20(26)22(3,4)19(18)12(2)24)11-17(25)13-7-9-14(23)10-8-13/h6-10,12,16,18-20,24,26H,11H2,1-5H3/b15-6+/t12?,16-,18-,19-,20-/m0/s1. The number of rotatable bonds is 6. The highest BCUT2D eigenvalue weighted by Crippen LogP contribution is 2.55. The van der Waals surface area contributed by atoms with Gasteiger partial charge in [0.2, 0.25) is 0 Å². The van der Waals surface area contributed by atoms with Gasteiger partial charge in [0.05, 0.1) is 19.3 Å². The van der Waals surface area contributed by atoms with Crippen LogP contribution in [0.1, 0.15) is 44.5 Å². The lowest BCUT2D eigenvalue weighted by Gasteiger charge is -2.34. The van der Waals surface area contributed by atoms with E-state index >= 15 is 0 Å². The number of hydrogen-bond acceptors (Lipinski definition) is 5. The maximum atomic E-state index is 12.9. The van der Waals surface area contributed by atoms with Gasteiger partial charge in [-0.15, -0.1) is 0 Å². The Hall–Kier alpha value is -1.50. The van der Waals surface area contributed by atoms with Crippen LogP contribution in [-0.2, 0) is 9.53 Å². The van der Waals surface area contributed by atoms with Gasteiger partial charge in [0.15, 0.2) is 5.78 Å². The van der Waals surface area contributed by atoms with Crippen LogP contribution in [0.15, 0.2) is 40.4 Å².